The van der Waals surface area contributed by atoms with Gasteiger partial charge in [-0.05, 0) is 0 Å². The predicted octanol–water partition coefficient (Wildman–Crippen LogP) is 3.15. The van der Waals surface area contributed by atoms with Gasteiger partial charge in [-0.1, -0.05) is 107 Å². The second-order valence-electron chi connectivity index (χ2n) is 5.47. The molecule has 4 heteroatoms. The minimum Gasteiger partial charge on any atom is -0.666 e. The average Bonchev–Trinajstić information content (AvgIpc) is 2.37. The molecule has 0 aromatic rings. The van der Waals surface area contributed by atoms with E-state index in [0.717, 1.165) is 0 Å². The molecule has 0 radical (unpaired) electrons. The third-order valence-electron chi connectivity index (χ3n) is 4.54. The zero-order valence-electron chi connectivity index (χ0n) is 14.1. The molecule has 0 saturated carbocycles. The van der Waals surface area contributed by atoms with Crippen LogP contribution in [0.25, 0.3) is 4.65 Å². The van der Waals surface area contributed by atoms with Gasteiger partial charge in [-0.2, -0.15) is 0 Å². The van der Waals surface area contributed by atoms with Gasteiger partial charge in [0, 0.05) is 0 Å². The molecular formula is C14H34KNSi2. The van der Waals surface area contributed by atoms with Crippen LogP contribution in [0.15, 0.2) is 0 Å². The van der Waals surface area contributed by atoms with Gasteiger partial charge in [-0.3, -0.25) is 0 Å². The first-order valence-electron chi connectivity index (χ1n) is 7.81. The molecule has 0 saturated heterocycles. The van der Waals surface area contributed by atoms with E-state index in [4.69, 9.17) is 4.65 Å². The quantitative estimate of drug-likeness (QED) is 0.550. The van der Waals surface area contributed by atoms with E-state index in [1.54, 1.807) is 0 Å². The van der Waals surface area contributed by atoms with E-state index in [2.05, 4.69) is 41.5 Å². The molecular weight excluding hydrogens is 277 g/mol. The van der Waals surface area contributed by atoms with Crippen molar-refractivity contribution in [1.29, 1.82) is 0 Å². The van der Waals surface area contributed by atoms with Crippen LogP contribution < -0.4 is 51.4 Å². The maximum absolute atomic E-state index is 5.67. The van der Waals surface area contributed by atoms with Crippen molar-refractivity contribution >= 4 is 16.5 Å². The molecule has 0 aliphatic rings. The van der Waals surface area contributed by atoms with Gasteiger partial charge in [0.05, 0.1) is 0 Å². The van der Waals surface area contributed by atoms with Crippen molar-refractivity contribution < 1.29 is 51.4 Å². The van der Waals surface area contributed by atoms with Crippen LogP contribution in [-0.2, 0) is 0 Å². The Labute approximate surface area is 161 Å². The second kappa shape index (κ2) is 11.7. The molecule has 0 amide bonds. The fraction of sp³-hybridized carbons (Fsp3) is 1.00. The van der Waals surface area contributed by atoms with Crippen molar-refractivity contribution in [1.82, 2.24) is 0 Å². The minimum absolute atomic E-state index is 0. The molecule has 0 N–H and O–H groups in total. The molecule has 18 heavy (non-hydrogen) atoms. The molecule has 0 aliphatic carbocycles. The second-order valence-corrected chi connectivity index (χ2v) is 15.1. The van der Waals surface area contributed by atoms with Crippen LogP contribution >= 0.6 is 0 Å². The van der Waals surface area contributed by atoms with E-state index in [1.165, 1.54) is 49.1 Å². The molecule has 0 rings (SSSR count). The van der Waals surface area contributed by atoms with Gasteiger partial charge in [0.1, 0.15) is 0 Å². The van der Waals surface area contributed by atoms with Crippen molar-refractivity contribution in [2.75, 3.05) is 0 Å². The Balaban J connectivity index is 0. The predicted molar refractivity (Wildman–Crippen MR) is 87.0 cm³/mol. The number of hydrogen-bond acceptors (Lipinski definition) is 0. The fourth-order valence-corrected chi connectivity index (χ4v) is 14.8. The van der Waals surface area contributed by atoms with Gasteiger partial charge in [0.15, 0.2) is 0 Å². The molecule has 104 valence electrons. The summed E-state index contributed by atoms with van der Waals surface area (Å²) in [5, 5.41) is 0. The third-order valence-corrected chi connectivity index (χ3v) is 16.5. The van der Waals surface area contributed by atoms with Gasteiger partial charge >= 0.3 is 51.4 Å². The molecule has 0 spiro atoms. The summed E-state index contributed by atoms with van der Waals surface area (Å²) in [5.41, 5.74) is 0. The molecule has 0 fully saturated rings. The van der Waals surface area contributed by atoms with Gasteiger partial charge in [0.2, 0.25) is 0 Å². The van der Waals surface area contributed by atoms with E-state index >= 15 is 0 Å². The van der Waals surface area contributed by atoms with Gasteiger partial charge in [-0.15, -0.1) is 0 Å². The van der Waals surface area contributed by atoms with Gasteiger partial charge < -0.3 is 4.65 Å². The SMILES string of the molecule is CCC[Si](CC)(CC)[N-][Si](CC)(CC)CCC.[K+]. The maximum atomic E-state index is 5.67. The van der Waals surface area contributed by atoms with E-state index in [-0.39, 0.29) is 51.4 Å². The Morgan fingerprint density at radius 2 is 0.889 bits per heavy atom. The Kier molecular flexibility index (Phi) is 14.5. The first-order chi connectivity index (χ1) is 8.07. The summed E-state index contributed by atoms with van der Waals surface area (Å²) in [4.78, 5) is 0. The summed E-state index contributed by atoms with van der Waals surface area (Å²) >= 11 is 0. The van der Waals surface area contributed by atoms with Crippen LogP contribution in [0.3, 0.4) is 0 Å². The van der Waals surface area contributed by atoms with Crippen LogP contribution in [0.1, 0.15) is 54.4 Å². The van der Waals surface area contributed by atoms with E-state index < -0.39 is 16.5 Å². The standard InChI is InChI=1S/C14H34NSi2.K/c1-7-13-16(9-3,10-4)15-17(11-5,12-6)14-8-2;/h7-14H2,1-6H3;/q-1;+1. The molecule has 0 aromatic heterocycles. The van der Waals surface area contributed by atoms with Crippen molar-refractivity contribution in [3.8, 4) is 0 Å². The first kappa shape index (κ1) is 22.3. The van der Waals surface area contributed by atoms with Crippen molar-refractivity contribution in [2.24, 2.45) is 0 Å². The Morgan fingerprint density at radius 3 is 1.06 bits per heavy atom. The van der Waals surface area contributed by atoms with Crippen LogP contribution in [0.2, 0.25) is 36.3 Å². The zero-order valence-corrected chi connectivity index (χ0v) is 19.2. The molecule has 0 unspecified atom stereocenters. The Hall–Kier alpha value is 2.03. The molecule has 0 bridgehead atoms. The first-order valence-corrected chi connectivity index (χ1v) is 12.9. The number of hydrogen-bond donors (Lipinski definition) is 0. The van der Waals surface area contributed by atoms with E-state index in [9.17, 15) is 0 Å². The van der Waals surface area contributed by atoms with Crippen LogP contribution in [0.4, 0.5) is 0 Å². The summed E-state index contributed by atoms with van der Waals surface area (Å²) in [6.45, 7) is 14.3. The van der Waals surface area contributed by atoms with Crippen LogP contribution in [0, 0.1) is 0 Å². The molecule has 0 atom stereocenters. The van der Waals surface area contributed by atoms with E-state index in [0.29, 0.717) is 0 Å². The molecule has 0 heterocycles. The normalized spacial score (nSPS) is 12.3. The van der Waals surface area contributed by atoms with Crippen molar-refractivity contribution in [3.63, 3.8) is 0 Å². The average molecular weight is 312 g/mol. The summed E-state index contributed by atoms with van der Waals surface area (Å²) in [6.07, 6.45) is 2.67. The van der Waals surface area contributed by atoms with Crippen LogP contribution in [0.5, 0.6) is 0 Å². The fourth-order valence-electron chi connectivity index (χ4n) is 3.07. The molecule has 0 aromatic carbocycles. The Morgan fingerprint density at radius 1 is 0.611 bits per heavy atom. The molecule has 0 aliphatic heterocycles. The number of nitrogens with zero attached hydrogens (tertiary/aromatic N) is 1. The summed E-state index contributed by atoms with van der Waals surface area (Å²) in [6, 6.07) is 8.34. The van der Waals surface area contributed by atoms with Crippen molar-refractivity contribution in [3.05, 3.63) is 4.65 Å². The monoisotopic (exact) mass is 311 g/mol. The smallest absolute Gasteiger partial charge is 0.666 e. The maximum Gasteiger partial charge on any atom is 1.00 e. The largest absolute Gasteiger partial charge is 1.00 e. The summed E-state index contributed by atoms with van der Waals surface area (Å²) < 4.78 is 5.67. The summed E-state index contributed by atoms with van der Waals surface area (Å²) in [5.74, 6) is 0. The Bertz CT molecular complexity index is 172. The zero-order chi connectivity index (χ0) is 13.4. The minimum atomic E-state index is -1.27. The topological polar surface area (TPSA) is 14.1 Å². The molecule has 1 nitrogen and oxygen atoms in total. The van der Waals surface area contributed by atoms with Gasteiger partial charge in [0.25, 0.3) is 0 Å². The van der Waals surface area contributed by atoms with Crippen molar-refractivity contribution in [2.45, 2.75) is 90.6 Å². The van der Waals surface area contributed by atoms with Gasteiger partial charge in [-0.25, -0.2) is 0 Å². The number of rotatable bonds is 10. The third kappa shape index (κ3) is 6.66. The van der Waals surface area contributed by atoms with E-state index in [1.807, 2.05) is 0 Å². The van der Waals surface area contributed by atoms with Crippen LogP contribution in [-0.4, -0.2) is 16.5 Å². The summed E-state index contributed by atoms with van der Waals surface area (Å²) in [7, 11) is -2.54.